The molecule has 2 heterocycles. The highest BCUT2D eigenvalue weighted by Crippen LogP contribution is 2.52. The van der Waals surface area contributed by atoms with Crippen LogP contribution in [0.5, 0.6) is 0 Å². The van der Waals surface area contributed by atoms with Gasteiger partial charge in [0.15, 0.2) is 5.82 Å². The number of hydrogen-bond acceptors (Lipinski definition) is 4. The predicted octanol–water partition coefficient (Wildman–Crippen LogP) is 3.25. The van der Waals surface area contributed by atoms with Gasteiger partial charge in [0, 0.05) is 11.3 Å². The smallest absolute Gasteiger partial charge is 0.232 e. The predicted molar refractivity (Wildman–Crippen MR) is 81.1 cm³/mol. The average Bonchev–Trinajstić information content (AvgIpc) is 3.24. The van der Waals surface area contributed by atoms with Crippen LogP contribution in [0.3, 0.4) is 0 Å². The zero-order valence-electron chi connectivity index (χ0n) is 13.3. The molecule has 4 unspecified atom stereocenters. The van der Waals surface area contributed by atoms with E-state index in [9.17, 15) is 0 Å². The fraction of sp³-hybridized carbons (Fsp3) is 0.882. The first-order valence-electron chi connectivity index (χ1n) is 8.69. The summed E-state index contributed by atoms with van der Waals surface area (Å²) in [6.07, 6.45) is 7.98. The molecule has 0 aromatic carbocycles. The fourth-order valence-electron chi connectivity index (χ4n) is 4.85. The maximum Gasteiger partial charge on any atom is 0.232 e. The number of rotatable bonds is 3. The highest BCUT2D eigenvalue weighted by atomic mass is 16.5. The Morgan fingerprint density at radius 1 is 1.19 bits per heavy atom. The Morgan fingerprint density at radius 3 is 2.76 bits per heavy atom. The number of nitrogens with one attached hydrogen (secondary N) is 1. The van der Waals surface area contributed by atoms with Crippen LogP contribution in [0.25, 0.3) is 0 Å². The van der Waals surface area contributed by atoms with Gasteiger partial charge in [-0.15, -0.1) is 0 Å². The van der Waals surface area contributed by atoms with Crippen LogP contribution in [0.2, 0.25) is 0 Å². The van der Waals surface area contributed by atoms with E-state index in [-0.39, 0.29) is 5.41 Å². The zero-order chi connectivity index (χ0) is 14.4. The van der Waals surface area contributed by atoms with Crippen molar-refractivity contribution in [2.75, 3.05) is 13.1 Å². The standard InChI is InChI=1S/C17H27N3O/c1-17(2,13-4-3-7-18-10-13)16-19-15(20-21-16)14-9-11-5-6-12(14)8-11/h11-14,18H,3-10H2,1-2H3. The number of fused-ring (bicyclic) bond motifs is 2. The molecule has 1 saturated heterocycles. The van der Waals surface area contributed by atoms with E-state index in [4.69, 9.17) is 9.51 Å². The molecule has 116 valence electrons. The van der Waals surface area contributed by atoms with Crippen LogP contribution in [-0.4, -0.2) is 23.2 Å². The van der Waals surface area contributed by atoms with E-state index >= 15 is 0 Å². The van der Waals surface area contributed by atoms with Gasteiger partial charge >= 0.3 is 0 Å². The van der Waals surface area contributed by atoms with Crippen molar-refractivity contribution in [3.8, 4) is 0 Å². The number of hydrogen-bond donors (Lipinski definition) is 1. The topological polar surface area (TPSA) is 51.0 Å². The molecule has 1 aromatic heterocycles. The molecule has 1 aliphatic heterocycles. The summed E-state index contributed by atoms with van der Waals surface area (Å²) >= 11 is 0. The van der Waals surface area contributed by atoms with Crippen molar-refractivity contribution in [1.82, 2.24) is 15.5 Å². The minimum absolute atomic E-state index is 0.0176. The normalized spacial score (nSPS) is 36.3. The zero-order valence-corrected chi connectivity index (χ0v) is 13.3. The van der Waals surface area contributed by atoms with Gasteiger partial charge in [-0.3, -0.25) is 0 Å². The second kappa shape index (κ2) is 5.08. The molecule has 0 spiro atoms. The summed E-state index contributed by atoms with van der Waals surface area (Å²) in [5.74, 6) is 4.77. The summed E-state index contributed by atoms with van der Waals surface area (Å²) < 4.78 is 5.71. The number of piperidine rings is 1. The third-order valence-electron chi connectivity index (χ3n) is 6.38. The van der Waals surface area contributed by atoms with Gasteiger partial charge in [-0.2, -0.15) is 4.98 Å². The second-order valence-corrected chi connectivity index (χ2v) is 8.00. The van der Waals surface area contributed by atoms with Crippen molar-refractivity contribution in [1.29, 1.82) is 0 Å². The van der Waals surface area contributed by atoms with E-state index in [0.717, 1.165) is 36.6 Å². The van der Waals surface area contributed by atoms with Gasteiger partial charge in [-0.1, -0.05) is 25.4 Å². The summed E-state index contributed by atoms with van der Waals surface area (Å²) in [5, 5.41) is 7.88. The number of nitrogens with zero attached hydrogens (tertiary/aromatic N) is 2. The minimum Gasteiger partial charge on any atom is -0.339 e. The molecule has 3 aliphatic rings. The monoisotopic (exact) mass is 289 g/mol. The van der Waals surface area contributed by atoms with E-state index in [1.165, 1.54) is 38.5 Å². The molecule has 2 saturated carbocycles. The summed E-state index contributed by atoms with van der Waals surface area (Å²) in [7, 11) is 0. The Bertz CT molecular complexity index is 504. The Labute approximate surface area is 127 Å². The Kier molecular flexibility index (Phi) is 3.32. The molecule has 0 radical (unpaired) electrons. The van der Waals surface area contributed by atoms with Gasteiger partial charge in [0.25, 0.3) is 0 Å². The first-order valence-corrected chi connectivity index (χ1v) is 8.69. The van der Waals surface area contributed by atoms with Gasteiger partial charge in [-0.25, -0.2) is 0 Å². The molecule has 4 heteroatoms. The van der Waals surface area contributed by atoms with E-state index < -0.39 is 0 Å². The molecule has 21 heavy (non-hydrogen) atoms. The summed E-state index contributed by atoms with van der Waals surface area (Å²) in [4.78, 5) is 4.85. The molecule has 1 aromatic rings. The summed E-state index contributed by atoms with van der Waals surface area (Å²) in [5.41, 5.74) is -0.0176. The molecule has 4 nitrogen and oxygen atoms in total. The van der Waals surface area contributed by atoms with Crippen LogP contribution in [0.15, 0.2) is 4.52 Å². The lowest BCUT2D eigenvalue weighted by Crippen LogP contribution is -2.41. The fourth-order valence-corrected chi connectivity index (χ4v) is 4.85. The van der Waals surface area contributed by atoms with Crippen molar-refractivity contribution in [2.24, 2.45) is 17.8 Å². The first kappa shape index (κ1) is 13.7. The molecule has 3 fully saturated rings. The van der Waals surface area contributed by atoms with Gasteiger partial charge in [0.2, 0.25) is 5.89 Å². The Morgan fingerprint density at radius 2 is 2.10 bits per heavy atom. The van der Waals surface area contributed by atoms with Gasteiger partial charge in [-0.05, 0) is 62.9 Å². The second-order valence-electron chi connectivity index (χ2n) is 8.00. The van der Waals surface area contributed by atoms with Gasteiger partial charge < -0.3 is 9.84 Å². The Balaban J connectivity index is 1.53. The molecule has 0 amide bonds. The SMILES string of the molecule is CC(C)(c1nc(C2CC3CCC2C3)no1)C1CCCNC1. The summed E-state index contributed by atoms with van der Waals surface area (Å²) in [6.45, 7) is 6.75. The van der Waals surface area contributed by atoms with Crippen molar-refractivity contribution >= 4 is 0 Å². The molecule has 1 N–H and O–H groups in total. The highest BCUT2D eigenvalue weighted by Gasteiger charge is 2.44. The lowest BCUT2D eigenvalue weighted by molar-refractivity contribution is 0.196. The minimum atomic E-state index is -0.0176. The lowest BCUT2D eigenvalue weighted by Gasteiger charge is -2.34. The number of aromatic nitrogens is 2. The molecular weight excluding hydrogens is 262 g/mol. The summed E-state index contributed by atoms with van der Waals surface area (Å²) in [6, 6.07) is 0. The van der Waals surface area contributed by atoms with Crippen molar-refractivity contribution < 1.29 is 4.52 Å². The molecular formula is C17H27N3O. The van der Waals surface area contributed by atoms with Crippen LogP contribution in [0, 0.1) is 17.8 Å². The van der Waals surface area contributed by atoms with Crippen LogP contribution in [0.1, 0.15) is 70.0 Å². The first-order chi connectivity index (χ1) is 10.1. The van der Waals surface area contributed by atoms with E-state index in [2.05, 4.69) is 24.3 Å². The van der Waals surface area contributed by atoms with E-state index in [0.29, 0.717) is 11.8 Å². The van der Waals surface area contributed by atoms with Crippen LogP contribution < -0.4 is 5.32 Å². The van der Waals surface area contributed by atoms with Gasteiger partial charge in [0.05, 0.1) is 0 Å². The van der Waals surface area contributed by atoms with Crippen LogP contribution >= 0.6 is 0 Å². The molecule has 2 aliphatic carbocycles. The van der Waals surface area contributed by atoms with Crippen molar-refractivity contribution in [3.63, 3.8) is 0 Å². The third-order valence-corrected chi connectivity index (χ3v) is 6.38. The van der Waals surface area contributed by atoms with E-state index in [1.807, 2.05) is 0 Å². The highest BCUT2D eigenvalue weighted by molar-refractivity contribution is 5.11. The van der Waals surface area contributed by atoms with Crippen molar-refractivity contribution in [2.45, 2.75) is 63.7 Å². The maximum atomic E-state index is 5.71. The van der Waals surface area contributed by atoms with Gasteiger partial charge in [0.1, 0.15) is 0 Å². The van der Waals surface area contributed by atoms with Crippen LogP contribution in [0.4, 0.5) is 0 Å². The maximum absolute atomic E-state index is 5.71. The quantitative estimate of drug-likeness (QED) is 0.928. The third kappa shape index (κ3) is 2.32. The van der Waals surface area contributed by atoms with Crippen LogP contribution in [-0.2, 0) is 5.41 Å². The largest absolute Gasteiger partial charge is 0.339 e. The Hall–Kier alpha value is -0.900. The molecule has 4 rings (SSSR count). The average molecular weight is 289 g/mol. The van der Waals surface area contributed by atoms with E-state index in [1.54, 1.807) is 0 Å². The molecule has 2 bridgehead atoms. The molecule has 4 atom stereocenters. The van der Waals surface area contributed by atoms with Crippen molar-refractivity contribution in [3.05, 3.63) is 11.7 Å². The lowest BCUT2D eigenvalue weighted by atomic mass is 9.75.